The standard InChI is InChI=1S/C55H36N2/c1-35-43-29-26-37-14-8-9-17-45(37)53(43)50(34-49(35)36-12-4-2-5-13-36)39-22-20-38(21-23-39)44-30-31-48(47-19-11-10-18-46(44)47)52-33-28-42-25-24-41-27-32-51(40-15-6-3-7-16-40)56-54(41)55(42)57-52/h2-34,49H,1H2. The normalized spacial score (nSPS) is 13.9. The molecule has 2 heterocycles. The van der Waals surface area contributed by atoms with Crippen LogP contribution >= 0.6 is 0 Å². The number of rotatable bonds is 5. The molecule has 0 saturated carbocycles. The second-order valence-electron chi connectivity index (χ2n) is 15.0. The summed E-state index contributed by atoms with van der Waals surface area (Å²) >= 11 is 0. The number of benzene rings is 8. The number of allylic oxidation sites excluding steroid dienone is 2. The highest BCUT2D eigenvalue weighted by Crippen LogP contribution is 2.47. The van der Waals surface area contributed by atoms with Gasteiger partial charge in [-0.2, -0.15) is 0 Å². The van der Waals surface area contributed by atoms with Gasteiger partial charge < -0.3 is 0 Å². The summed E-state index contributed by atoms with van der Waals surface area (Å²) in [5.74, 6) is 0.0921. The first-order chi connectivity index (χ1) is 28.2. The Hall–Kier alpha value is -7.42. The first-order valence-corrected chi connectivity index (χ1v) is 19.5. The van der Waals surface area contributed by atoms with Gasteiger partial charge in [-0.05, 0) is 78.2 Å². The Bertz CT molecular complexity index is 3230. The molecule has 1 atom stereocenters. The van der Waals surface area contributed by atoms with E-state index in [1.165, 1.54) is 60.5 Å². The SMILES string of the molecule is C=C1c2ccc3ccccc3c2C(c2ccc(-c3ccc(-c4ccc5ccc6ccc(-c7ccccc7)nc6c5n4)c4ccccc34)cc2)=CC1c1ccccc1. The van der Waals surface area contributed by atoms with Gasteiger partial charge in [0.25, 0.3) is 0 Å². The highest BCUT2D eigenvalue weighted by Gasteiger charge is 2.27. The van der Waals surface area contributed by atoms with E-state index in [9.17, 15) is 0 Å². The first-order valence-electron chi connectivity index (χ1n) is 19.5. The van der Waals surface area contributed by atoms with Gasteiger partial charge in [0.1, 0.15) is 0 Å². The molecule has 57 heavy (non-hydrogen) atoms. The summed E-state index contributed by atoms with van der Waals surface area (Å²) in [4.78, 5) is 10.5. The van der Waals surface area contributed by atoms with E-state index in [0.717, 1.165) is 49.9 Å². The van der Waals surface area contributed by atoms with E-state index in [2.05, 4.69) is 201 Å². The maximum absolute atomic E-state index is 5.32. The molecular weight excluding hydrogens is 689 g/mol. The molecule has 2 nitrogen and oxygen atoms in total. The molecule has 0 fully saturated rings. The molecule has 0 bridgehead atoms. The highest BCUT2D eigenvalue weighted by molar-refractivity contribution is 6.09. The average Bonchev–Trinajstić information content (AvgIpc) is 3.29. The minimum atomic E-state index is 0.0921. The minimum Gasteiger partial charge on any atom is -0.245 e. The summed E-state index contributed by atoms with van der Waals surface area (Å²) in [5.41, 5.74) is 15.6. The van der Waals surface area contributed by atoms with Crippen molar-refractivity contribution in [3.8, 4) is 33.6 Å². The van der Waals surface area contributed by atoms with E-state index >= 15 is 0 Å². The van der Waals surface area contributed by atoms with Crippen LogP contribution in [0.25, 0.3) is 88.1 Å². The molecule has 0 aliphatic heterocycles. The van der Waals surface area contributed by atoms with Gasteiger partial charge in [-0.15, -0.1) is 0 Å². The van der Waals surface area contributed by atoms with Gasteiger partial charge in [0, 0.05) is 27.8 Å². The third-order valence-corrected chi connectivity index (χ3v) is 11.7. The third-order valence-electron chi connectivity index (χ3n) is 11.7. The summed E-state index contributed by atoms with van der Waals surface area (Å²) in [5, 5.41) is 7.01. The number of hydrogen-bond acceptors (Lipinski definition) is 2. The molecule has 0 spiro atoms. The molecule has 0 radical (unpaired) electrons. The minimum absolute atomic E-state index is 0.0921. The number of hydrogen-bond donors (Lipinski definition) is 0. The van der Waals surface area contributed by atoms with Crippen LogP contribution in [0.4, 0.5) is 0 Å². The van der Waals surface area contributed by atoms with E-state index in [4.69, 9.17) is 9.97 Å². The van der Waals surface area contributed by atoms with Crippen molar-refractivity contribution >= 4 is 54.5 Å². The molecule has 2 aromatic heterocycles. The van der Waals surface area contributed by atoms with Crippen molar-refractivity contribution in [1.82, 2.24) is 9.97 Å². The Balaban J connectivity index is 1.01. The maximum atomic E-state index is 5.32. The zero-order chi connectivity index (χ0) is 37.9. The van der Waals surface area contributed by atoms with Crippen molar-refractivity contribution in [2.45, 2.75) is 5.92 Å². The van der Waals surface area contributed by atoms with Crippen molar-refractivity contribution in [2.75, 3.05) is 0 Å². The van der Waals surface area contributed by atoms with Gasteiger partial charge in [0.05, 0.1) is 22.4 Å². The van der Waals surface area contributed by atoms with Crippen LogP contribution in [0.1, 0.15) is 28.2 Å². The average molecular weight is 725 g/mol. The first kappa shape index (κ1) is 33.0. The molecular formula is C55H36N2. The lowest BCUT2D eigenvalue weighted by molar-refractivity contribution is 1.09. The Morgan fingerprint density at radius 3 is 1.63 bits per heavy atom. The molecule has 266 valence electrons. The molecule has 0 saturated heterocycles. The lowest BCUT2D eigenvalue weighted by atomic mass is 9.75. The van der Waals surface area contributed by atoms with Crippen molar-refractivity contribution in [3.05, 3.63) is 229 Å². The lowest BCUT2D eigenvalue weighted by Gasteiger charge is -2.29. The van der Waals surface area contributed by atoms with Crippen molar-refractivity contribution in [2.24, 2.45) is 0 Å². The monoisotopic (exact) mass is 724 g/mol. The van der Waals surface area contributed by atoms with E-state index in [1.807, 2.05) is 6.07 Å². The van der Waals surface area contributed by atoms with Crippen LogP contribution in [0.5, 0.6) is 0 Å². The number of nitrogens with zero attached hydrogens (tertiary/aromatic N) is 2. The van der Waals surface area contributed by atoms with Crippen LogP contribution in [0, 0.1) is 0 Å². The fourth-order valence-electron chi connectivity index (χ4n) is 8.84. The quantitative estimate of drug-likeness (QED) is 0.165. The van der Waals surface area contributed by atoms with Crippen LogP contribution in [0.2, 0.25) is 0 Å². The highest BCUT2D eigenvalue weighted by atomic mass is 14.8. The summed E-state index contributed by atoms with van der Waals surface area (Å²) in [7, 11) is 0. The maximum Gasteiger partial charge on any atom is 0.0972 e. The summed E-state index contributed by atoms with van der Waals surface area (Å²) in [6.45, 7) is 4.65. The van der Waals surface area contributed by atoms with E-state index in [-0.39, 0.29) is 5.92 Å². The molecule has 10 aromatic rings. The molecule has 1 unspecified atom stereocenters. The Morgan fingerprint density at radius 2 is 0.895 bits per heavy atom. The van der Waals surface area contributed by atoms with Gasteiger partial charge in [-0.25, -0.2) is 9.97 Å². The topological polar surface area (TPSA) is 25.8 Å². The second-order valence-corrected chi connectivity index (χ2v) is 15.0. The molecule has 2 heteroatoms. The fourth-order valence-corrected chi connectivity index (χ4v) is 8.84. The summed E-state index contributed by atoms with van der Waals surface area (Å²) in [6.07, 6.45) is 2.42. The predicted molar refractivity (Wildman–Crippen MR) is 240 cm³/mol. The number of aromatic nitrogens is 2. The molecule has 1 aliphatic rings. The summed E-state index contributed by atoms with van der Waals surface area (Å²) in [6, 6.07) is 69.4. The van der Waals surface area contributed by atoms with Crippen molar-refractivity contribution < 1.29 is 0 Å². The number of fused-ring (bicyclic) bond motifs is 7. The van der Waals surface area contributed by atoms with E-state index in [0.29, 0.717) is 0 Å². The molecule has 8 aromatic carbocycles. The predicted octanol–water partition coefficient (Wildman–Crippen LogP) is 14.3. The number of pyridine rings is 2. The fraction of sp³-hybridized carbons (Fsp3) is 0.0182. The van der Waals surface area contributed by atoms with E-state index in [1.54, 1.807) is 0 Å². The lowest BCUT2D eigenvalue weighted by Crippen LogP contribution is -2.09. The van der Waals surface area contributed by atoms with Crippen LogP contribution in [-0.2, 0) is 0 Å². The van der Waals surface area contributed by atoms with Gasteiger partial charge >= 0.3 is 0 Å². The second kappa shape index (κ2) is 13.4. The largest absolute Gasteiger partial charge is 0.245 e. The van der Waals surface area contributed by atoms with Crippen molar-refractivity contribution in [1.29, 1.82) is 0 Å². The molecule has 11 rings (SSSR count). The van der Waals surface area contributed by atoms with Gasteiger partial charge in [0.15, 0.2) is 0 Å². The molecule has 1 aliphatic carbocycles. The van der Waals surface area contributed by atoms with Crippen LogP contribution < -0.4 is 0 Å². The van der Waals surface area contributed by atoms with Crippen molar-refractivity contribution in [3.63, 3.8) is 0 Å². The third kappa shape index (κ3) is 5.57. The zero-order valence-electron chi connectivity index (χ0n) is 31.2. The van der Waals surface area contributed by atoms with Crippen LogP contribution in [0.15, 0.2) is 207 Å². The smallest absolute Gasteiger partial charge is 0.0972 e. The molecule has 0 N–H and O–H groups in total. The Morgan fingerprint density at radius 1 is 0.368 bits per heavy atom. The van der Waals surface area contributed by atoms with Gasteiger partial charge in [0.2, 0.25) is 0 Å². The Labute approximate surface area is 331 Å². The van der Waals surface area contributed by atoms with Gasteiger partial charge in [-0.3, -0.25) is 0 Å². The zero-order valence-corrected chi connectivity index (χ0v) is 31.2. The van der Waals surface area contributed by atoms with Crippen LogP contribution in [0.3, 0.4) is 0 Å². The van der Waals surface area contributed by atoms with E-state index < -0.39 is 0 Å². The summed E-state index contributed by atoms with van der Waals surface area (Å²) < 4.78 is 0. The van der Waals surface area contributed by atoms with Gasteiger partial charge in [-0.1, -0.05) is 195 Å². The Kier molecular flexibility index (Phi) is 7.75. The van der Waals surface area contributed by atoms with Crippen LogP contribution in [-0.4, -0.2) is 9.97 Å². The molecule has 0 amide bonds.